The van der Waals surface area contributed by atoms with E-state index in [4.69, 9.17) is 0 Å². The van der Waals surface area contributed by atoms with Crippen LogP contribution in [0.2, 0.25) is 0 Å². The smallest absolute Gasteiger partial charge is 0.406 e. The number of unbranched alkanes of at least 4 members (excludes halogenated alkanes) is 1. The highest BCUT2D eigenvalue weighted by Gasteiger charge is 2.31. The molecule has 0 radical (unpaired) electrons. The molecule has 21 heavy (non-hydrogen) atoms. The van der Waals surface area contributed by atoms with Gasteiger partial charge >= 0.3 is 6.36 Å². The predicted octanol–water partition coefficient (Wildman–Crippen LogP) is 4.22. The lowest BCUT2D eigenvalue weighted by molar-refractivity contribution is -0.274. The fourth-order valence-electron chi connectivity index (χ4n) is 1.75. The zero-order valence-corrected chi connectivity index (χ0v) is 13.2. The maximum atomic E-state index is 12.3. The molecule has 0 aliphatic carbocycles. The zero-order valence-electron chi connectivity index (χ0n) is 11.6. The molecular formula is C14H17BrF3NO2. The van der Waals surface area contributed by atoms with E-state index >= 15 is 0 Å². The number of carbonyl (C=O) groups is 1. The van der Waals surface area contributed by atoms with E-state index in [9.17, 15) is 18.0 Å². The summed E-state index contributed by atoms with van der Waals surface area (Å²) in [6.45, 7) is 3.21. The molecule has 1 rings (SSSR count). The average Bonchev–Trinajstić information content (AvgIpc) is 2.42. The molecule has 118 valence electrons. The fourth-order valence-corrected chi connectivity index (χ4v) is 2.18. The summed E-state index contributed by atoms with van der Waals surface area (Å²) in [5, 5.41) is 0.651. The number of nitrogens with zero attached hydrogens (tertiary/aromatic N) is 1. The lowest BCUT2D eigenvalue weighted by atomic mass is 10.2. The molecule has 3 nitrogen and oxygen atoms in total. The van der Waals surface area contributed by atoms with Gasteiger partial charge in [-0.3, -0.25) is 4.79 Å². The van der Waals surface area contributed by atoms with Gasteiger partial charge in [-0.15, -0.1) is 13.2 Å². The van der Waals surface area contributed by atoms with Gasteiger partial charge in [0.05, 0.1) is 0 Å². The molecule has 1 aromatic rings. The molecule has 0 spiro atoms. The van der Waals surface area contributed by atoms with Gasteiger partial charge in [-0.1, -0.05) is 29.3 Å². The predicted molar refractivity (Wildman–Crippen MR) is 77.7 cm³/mol. The van der Waals surface area contributed by atoms with Gasteiger partial charge < -0.3 is 9.64 Å². The van der Waals surface area contributed by atoms with Gasteiger partial charge in [-0.05, 0) is 30.7 Å². The highest BCUT2D eigenvalue weighted by Crippen LogP contribution is 2.23. The third-order valence-electron chi connectivity index (χ3n) is 2.76. The Morgan fingerprint density at radius 2 is 1.86 bits per heavy atom. The van der Waals surface area contributed by atoms with Crippen LogP contribution in [0.3, 0.4) is 0 Å². The zero-order chi connectivity index (χ0) is 15.9. The standard InChI is InChI=1S/C14H17BrF3NO2/c1-2-3-9-19(10-8-15)13(20)11-4-6-12(7-5-11)21-14(16,17)18/h4-7H,2-3,8-10H2,1H3. The number of ether oxygens (including phenoxy) is 1. The molecule has 0 aromatic heterocycles. The Labute approximate surface area is 130 Å². The van der Waals surface area contributed by atoms with Gasteiger partial charge in [0.25, 0.3) is 5.91 Å². The van der Waals surface area contributed by atoms with Crippen LogP contribution < -0.4 is 4.74 Å². The number of benzene rings is 1. The molecule has 0 bridgehead atoms. The minimum atomic E-state index is -4.73. The third-order valence-corrected chi connectivity index (χ3v) is 3.11. The van der Waals surface area contributed by atoms with Crippen molar-refractivity contribution < 1.29 is 22.7 Å². The molecule has 0 fully saturated rings. The Hall–Kier alpha value is -1.24. The van der Waals surface area contributed by atoms with Crippen LogP contribution in [0.25, 0.3) is 0 Å². The summed E-state index contributed by atoms with van der Waals surface area (Å²) in [6.07, 6.45) is -2.88. The first-order valence-electron chi connectivity index (χ1n) is 6.58. The second kappa shape index (κ2) is 8.26. The summed E-state index contributed by atoms with van der Waals surface area (Å²) in [4.78, 5) is 14.0. The third kappa shape index (κ3) is 6.37. The number of rotatable bonds is 7. The minimum absolute atomic E-state index is 0.193. The number of hydrogen-bond donors (Lipinski definition) is 0. The average molecular weight is 368 g/mol. The lowest BCUT2D eigenvalue weighted by Crippen LogP contribution is -2.33. The van der Waals surface area contributed by atoms with E-state index < -0.39 is 6.36 Å². The van der Waals surface area contributed by atoms with Gasteiger partial charge in [-0.25, -0.2) is 0 Å². The summed E-state index contributed by atoms with van der Waals surface area (Å²) >= 11 is 3.29. The van der Waals surface area contributed by atoms with Crippen LogP contribution in [0.1, 0.15) is 30.1 Å². The number of halogens is 4. The Bertz CT molecular complexity index is 449. The molecule has 0 atom stereocenters. The largest absolute Gasteiger partial charge is 0.573 e. The molecule has 0 aliphatic rings. The summed E-state index contributed by atoms with van der Waals surface area (Å²) in [5.74, 6) is -0.527. The molecule has 0 aliphatic heterocycles. The molecule has 0 saturated heterocycles. The minimum Gasteiger partial charge on any atom is -0.406 e. The van der Waals surface area contributed by atoms with Crippen molar-refractivity contribution in [2.24, 2.45) is 0 Å². The lowest BCUT2D eigenvalue weighted by Gasteiger charge is -2.21. The van der Waals surface area contributed by atoms with Crippen LogP contribution in [0.4, 0.5) is 13.2 Å². The fraction of sp³-hybridized carbons (Fsp3) is 0.500. The van der Waals surface area contributed by atoms with Crippen LogP contribution in [0.15, 0.2) is 24.3 Å². The van der Waals surface area contributed by atoms with Crippen molar-refractivity contribution in [1.82, 2.24) is 4.90 Å². The van der Waals surface area contributed by atoms with Crippen molar-refractivity contribution in [2.45, 2.75) is 26.1 Å². The van der Waals surface area contributed by atoms with E-state index in [1.807, 2.05) is 6.92 Å². The molecule has 0 heterocycles. The summed E-state index contributed by atoms with van der Waals surface area (Å²) in [7, 11) is 0. The number of carbonyl (C=O) groups excluding carboxylic acids is 1. The second-order valence-corrected chi connectivity index (χ2v) is 5.20. The maximum Gasteiger partial charge on any atom is 0.573 e. The maximum absolute atomic E-state index is 12.3. The van der Waals surface area contributed by atoms with E-state index in [2.05, 4.69) is 20.7 Å². The topological polar surface area (TPSA) is 29.5 Å². The van der Waals surface area contributed by atoms with E-state index in [0.29, 0.717) is 24.0 Å². The normalized spacial score (nSPS) is 11.3. The van der Waals surface area contributed by atoms with Crippen molar-refractivity contribution in [1.29, 1.82) is 0 Å². The Morgan fingerprint density at radius 3 is 2.33 bits per heavy atom. The van der Waals surface area contributed by atoms with E-state index in [-0.39, 0.29) is 11.7 Å². The van der Waals surface area contributed by atoms with E-state index in [0.717, 1.165) is 25.0 Å². The van der Waals surface area contributed by atoms with Gasteiger partial charge in [0.2, 0.25) is 0 Å². The number of hydrogen-bond acceptors (Lipinski definition) is 2. The van der Waals surface area contributed by atoms with Crippen LogP contribution >= 0.6 is 15.9 Å². The highest BCUT2D eigenvalue weighted by molar-refractivity contribution is 9.09. The summed E-state index contributed by atoms with van der Waals surface area (Å²) in [6, 6.07) is 4.98. The summed E-state index contributed by atoms with van der Waals surface area (Å²) in [5.41, 5.74) is 0.349. The van der Waals surface area contributed by atoms with Gasteiger partial charge in [0.1, 0.15) is 5.75 Å². The SMILES string of the molecule is CCCCN(CCBr)C(=O)c1ccc(OC(F)(F)F)cc1. The monoisotopic (exact) mass is 367 g/mol. The van der Waals surface area contributed by atoms with E-state index in [1.165, 1.54) is 12.1 Å². The van der Waals surface area contributed by atoms with Crippen molar-refractivity contribution in [3.05, 3.63) is 29.8 Å². The quantitative estimate of drug-likeness (QED) is 0.675. The van der Waals surface area contributed by atoms with Gasteiger partial charge in [0, 0.05) is 24.0 Å². The van der Waals surface area contributed by atoms with Crippen LogP contribution in [-0.4, -0.2) is 35.6 Å². The molecule has 0 saturated carbocycles. The molecule has 0 unspecified atom stereocenters. The van der Waals surface area contributed by atoms with E-state index in [1.54, 1.807) is 4.90 Å². The number of alkyl halides is 4. The van der Waals surface area contributed by atoms with Crippen LogP contribution in [-0.2, 0) is 0 Å². The van der Waals surface area contributed by atoms with Crippen molar-refractivity contribution in [3.63, 3.8) is 0 Å². The second-order valence-electron chi connectivity index (χ2n) is 4.41. The Balaban J connectivity index is 2.76. The van der Waals surface area contributed by atoms with Crippen molar-refractivity contribution in [2.75, 3.05) is 18.4 Å². The number of amides is 1. The first-order chi connectivity index (χ1) is 9.87. The summed E-state index contributed by atoms with van der Waals surface area (Å²) < 4.78 is 40.0. The molecular weight excluding hydrogens is 351 g/mol. The van der Waals surface area contributed by atoms with Gasteiger partial charge in [0.15, 0.2) is 0 Å². The van der Waals surface area contributed by atoms with Gasteiger partial charge in [-0.2, -0.15) is 0 Å². The molecule has 1 amide bonds. The van der Waals surface area contributed by atoms with Crippen LogP contribution in [0, 0.1) is 0 Å². The first kappa shape index (κ1) is 17.8. The Morgan fingerprint density at radius 1 is 1.24 bits per heavy atom. The molecule has 1 aromatic carbocycles. The molecule has 0 N–H and O–H groups in total. The van der Waals surface area contributed by atoms with Crippen molar-refractivity contribution in [3.8, 4) is 5.75 Å². The molecule has 7 heteroatoms. The van der Waals surface area contributed by atoms with Crippen LogP contribution in [0.5, 0.6) is 5.75 Å². The first-order valence-corrected chi connectivity index (χ1v) is 7.70. The highest BCUT2D eigenvalue weighted by atomic mass is 79.9. The Kier molecular flexibility index (Phi) is 7.01. The van der Waals surface area contributed by atoms with Crippen molar-refractivity contribution >= 4 is 21.8 Å².